The minimum absolute atomic E-state index is 0.679. The van der Waals surface area contributed by atoms with Gasteiger partial charge in [0.25, 0.3) is 0 Å². The van der Waals surface area contributed by atoms with Gasteiger partial charge in [-0.1, -0.05) is 400 Å². The predicted octanol–water partition coefficient (Wildman–Crippen LogP) is 40.5. The van der Waals surface area contributed by atoms with Gasteiger partial charge in [-0.15, -0.1) is 68.0 Å². The summed E-state index contributed by atoms with van der Waals surface area (Å²) >= 11 is 11.3. The van der Waals surface area contributed by atoms with Gasteiger partial charge in [0.15, 0.2) is 23.0 Å². The van der Waals surface area contributed by atoms with E-state index in [4.69, 9.17) is 28.4 Å². The van der Waals surface area contributed by atoms with E-state index >= 15 is 0 Å². The molecular formula is C112H170O6S6. The molecule has 6 nitrogen and oxygen atoms in total. The lowest BCUT2D eigenvalue weighted by atomic mass is 10.1. The van der Waals surface area contributed by atoms with E-state index in [1.54, 1.807) is 0 Å². The van der Waals surface area contributed by atoms with Crippen LogP contribution in [0.4, 0.5) is 0 Å². The lowest BCUT2D eigenvalue weighted by Gasteiger charge is -2.18. The molecule has 0 radical (unpaired) electrons. The van der Waals surface area contributed by atoms with E-state index < -0.39 is 0 Å². The van der Waals surface area contributed by atoms with Crippen molar-refractivity contribution in [1.82, 2.24) is 0 Å². The summed E-state index contributed by atoms with van der Waals surface area (Å²) in [5.74, 6) is 4.88. The van der Waals surface area contributed by atoms with Crippen LogP contribution in [0.5, 0.6) is 34.5 Å². The van der Waals surface area contributed by atoms with Crippen LogP contribution in [0, 0.1) is 0 Å². The van der Waals surface area contributed by atoms with E-state index in [1.807, 2.05) is 68.0 Å². The lowest BCUT2D eigenvalue weighted by Crippen LogP contribution is -2.06. The number of ether oxygens (including phenoxy) is 6. The van der Waals surface area contributed by atoms with Gasteiger partial charge >= 0.3 is 0 Å². The van der Waals surface area contributed by atoms with E-state index in [1.165, 1.54) is 405 Å². The molecule has 2 aromatic carbocycles. The smallest absolute Gasteiger partial charge is 0.203 e. The van der Waals surface area contributed by atoms with Crippen LogP contribution < -0.4 is 28.4 Å². The molecule has 0 fully saturated rings. The molecule has 0 N–H and O–H groups in total. The Balaban J connectivity index is 0.901. The third kappa shape index (κ3) is 44.0. The second-order valence-electron chi connectivity index (χ2n) is 35.6. The summed E-state index contributed by atoms with van der Waals surface area (Å²) in [7, 11) is 0. The van der Waals surface area contributed by atoms with E-state index in [0.29, 0.717) is 39.6 Å². The zero-order chi connectivity index (χ0) is 86.8. The van der Waals surface area contributed by atoms with Crippen LogP contribution in [-0.2, 0) is 0 Å². The third-order valence-corrected chi connectivity index (χ3v) is 31.8. The molecule has 0 saturated carbocycles. The molecule has 6 heterocycles. The van der Waals surface area contributed by atoms with Crippen LogP contribution >= 0.6 is 68.0 Å². The molecule has 8 rings (SSSR count). The molecule has 0 atom stereocenters. The maximum Gasteiger partial charge on any atom is 0.203 e. The third-order valence-electron chi connectivity index (χ3n) is 24.4. The van der Waals surface area contributed by atoms with Crippen LogP contribution in [0.3, 0.4) is 0 Å². The molecule has 12 heteroatoms. The fourth-order valence-corrected chi connectivity index (χ4v) is 22.9. The Morgan fingerprint density at radius 3 is 0.508 bits per heavy atom. The van der Waals surface area contributed by atoms with Gasteiger partial charge in [0.1, 0.15) is 0 Å². The van der Waals surface area contributed by atoms with Crippen molar-refractivity contribution in [3.05, 3.63) is 118 Å². The summed E-state index contributed by atoms with van der Waals surface area (Å²) < 4.78 is 40.8. The molecule has 6 aromatic heterocycles. The monoisotopic (exact) mass is 1800 g/mol. The highest BCUT2D eigenvalue weighted by Crippen LogP contribution is 2.48. The Hall–Kier alpha value is -5.08. The Kier molecular flexibility index (Phi) is 58.0. The topological polar surface area (TPSA) is 55.4 Å². The van der Waals surface area contributed by atoms with Crippen molar-refractivity contribution in [3.63, 3.8) is 0 Å². The largest absolute Gasteiger partial charge is 0.490 e. The molecule has 0 unspecified atom stereocenters. The summed E-state index contributed by atoms with van der Waals surface area (Å²) in [6.07, 6.45) is 87.1. The summed E-state index contributed by atoms with van der Waals surface area (Å²) in [6, 6.07) is 36.6. The van der Waals surface area contributed by atoms with Crippen molar-refractivity contribution in [1.29, 1.82) is 0 Å². The van der Waals surface area contributed by atoms with Crippen molar-refractivity contribution in [2.24, 2.45) is 0 Å². The zero-order valence-electron chi connectivity index (χ0n) is 79.1. The highest BCUT2D eigenvalue weighted by molar-refractivity contribution is 7.30. The second kappa shape index (κ2) is 68.9. The Morgan fingerprint density at radius 1 is 0.169 bits per heavy atom. The number of unbranched alkanes of at least 4 members (excludes halogenated alkanes) is 54. The molecule has 0 aliphatic heterocycles. The van der Waals surface area contributed by atoms with Gasteiger partial charge < -0.3 is 28.4 Å². The number of benzene rings is 2. The average Bonchev–Trinajstić information content (AvgIpc) is 1.68. The number of thiophene rings is 6. The Bertz CT molecular complexity index is 3620. The Morgan fingerprint density at radius 2 is 0.323 bits per heavy atom. The minimum atomic E-state index is 0.679. The molecule has 0 spiro atoms. The molecule has 8 aromatic rings. The number of rotatable bonds is 81. The van der Waals surface area contributed by atoms with Gasteiger partial charge in [-0.05, 0) is 159 Å². The lowest BCUT2D eigenvalue weighted by molar-refractivity contribution is 0.234. The molecule has 0 saturated heterocycles. The predicted molar refractivity (Wildman–Crippen MR) is 556 cm³/mol. The summed E-state index contributed by atoms with van der Waals surface area (Å²) in [6.45, 7) is 17.9. The van der Waals surface area contributed by atoms with E-state index in [2.05, 4.69) is 163 Å². The van der Waals surface area contributed by atoms with Gasteiger partial charge in [0.2, 0.25) is 11.5 Å². The number of hydrogen-bond acceptors (Lipinski definition) is 12. The SMILES string of the molecule is CCCCCCCCCCCCOc1cc(/C=C/c2ccc(-c3ccc(-c4ccc(-c5ccc(-c6ccc(-c7ccc(/C=C/c8cc(OCCCCCCCCCCCC)c(OCCCCCCCCCCCC)c(OCCCCCCCCCCCC)c8)s7)s6)s5)s4)s3)s2)cc(OCCCCCCCCCCCC)c1OCCCCCCCCCCCC. The van der Waals surface area contributed by atoms with Crippen LogP contribution in [0.15, 0.2) is 97.1 Å². The fraction of sp³-hybridized carbons (Fsp3) is 0.643. The summed E-state index contributed by atoms with van der Waals surface area (Å²) in [5, 5.41) is 0. The summed E-state index contributed by atoms with van der Waals surface area (Å²) in [4.78, 5) is 15.5. The minimum Gasteiger partial charge on any atom is -0.490 e. The maximum absolute atomic E-state index is 6.80. The molecule has 0 bridgehead atoms. The molecule has 0 amide bonds. The first kappa shape index (κ1) is 104. The Labute approximate surface area is 782 Å². The van der Waals surface area contributed by atoms with Crippen molar-refractivity contribution in [2.75, 3.05) is 39.6 Å². The normalized spacial score (nSPS) is 11.8. The van der Waals surface area contributed by atoms with Crippen LogP contribution in [-0.4, -0.2) is 39.6 Å². The summed E-state index contributed by atoms with van der Waals surface area (Å²) in [5.41, 5.74) is 2.17. The zero-order valence-corrected chi connectivity index (χ0v) is 84.0. The molecule has 124 heavy (non-hydrogen) atoms. The standard InChI is InChI=1S/C112H170O6S6/c1-7-13-19-25-31-37-43-49-55-61-83-113-97-89-93(90-98(114-84-62-56-50-44-38-32-26-20-14-8-2)111(97)117-87-65-59-53-47-41-35-29-23-17-11-5)67-69-95-71-73-101(119-95)103-75-77-105(121-103)107-79-81-109(123-107)110-82-80-108(124-110)106-78-76-104(122-106)102-74-72-96(120-102)70-68-94-91-99(115-85-63-57-51-45-39-33-27-21-15-9-3)112(118-88-66-60-54-48-42-36-30-24-18-12-6)100(92-94)116-86-64-58-52-46-40-34-28-22-16-10-4/h67-82,89-92H,7-66,83-88H2,1-6H3/b69-67+,70-68+. The van der Waals surface area contributed by atoms with Crippen LogP contribution in [0.2, 0.25) is 0 Å². The van der Waals surface area contributed by atoms with Gasteiger partial charge in [-0.3, -0.25) is 0 Å². The highest BCUT2D eigenvalue weighted by atomic mass is 32.1. The maximum atomic E-state index is 6.80. The van der Waals surface area contributed by atoms with Gasteiger partial charge in [-0.25, -0.2) is 0 Å². The first-order valence-corrected chi connectivity index (χ1v) is 56.4. The number of hydrogen-bond donors (Lipinski definition) is 0. The highest BCUT2D eigenvalue weighted by Gasteiger charge is 2.21. The van der Waals surface area contributed by atoms with Crippen LogP contribution in [0.25, 0.3) is 73.1 Å². The fourth-order valence-electron chi connectivity index (χ4n) is 16.6. The van der Waals surface area contributed by atoms with E-state index in [0.717, 1.165) is 84.1 Å². The molecule has 690 valence electrons. The second-order valence-corrected chi connectivity index (χ2v) is 42.2. The van der Waals surface area contributed by atoms with Gasteiger partial charge in [0, 0.05) is 58.5 Å². The van der Waals surface area contributed by atoms with Crippen molar-refractivity contribution in [2.45, 2.75) is 427 Å². The average molecular weight is 1800 g/mol. The van der Waals surface area contributed by atoms with Gasteiger partial charge in [-0.2, -0.15) is 0 Å². The van der Waals surface area contributed by atoms with Crippen molar-refractivity contribution < 1.29 is 28.4 Å². The first-order chi connectivity index (χ1) is 61.4. The quantitative estimate of drug-likeness (QED) is 0.0354. The molecular weight excluding hydrogens is 1630 g/mol. The van der Waals surface area contributed by atoms with Gasteiger partial charge in [0.05, 0.1) is 39.6 Å². The molecule has 0 aliphatic rings. The van der Waals surface area contributed by atoms with E-state index in [9.17, 15) is 0 Å². The van der Waals surface area contributed by atoms with Crippen molar-refractivity contribution in [3.8, 4) is 83.3 Å². The first-order valence-electron chi connectivity index (χ1n) is 51.5. The molecule has 0 aliphatic carbocycles. The van der Waals surface area contributed by atoms with E-state index in [-0.39, 0.29) is 0 Å². The van der Waals surface area contributed by atoms with Crippen molar-refractivity contribution >= 4 is 92.3 Å². The van der Waals surface area contributed by atoms with Crippen LogP contribution in [0.1, 0.15) is 448 Å².